The van der Waals surface area contributed by atoms with Gasteiger partial charge in [0.1, 0.15) is 18.0 Å². The number of amides is 5. The van der Waals surface area contributed by atoms with E-state index in [2.05, 4.69) is 10.6 Å². The second-order valence-electron chi connectivity index (χ2n) is 12.2. The second kappa shape index (κ2) is 11.3. The van der Waals surface area contributed by atoms with Crippen molar-refractivity contribution in [1.29, 1.82) is 0 Å². The van der Waals surface area contributed by atoms with Crippen molar-refractivity contribution in [2.75, 3.05) is 18.9 Å². The molecule has 5 amide bonds. The first-order chi connectivity index (χ1) is 20.3. The maximum atomic E-state index is 13.7. The molecule has 1 heterocycles. The molecule has 1 spiro atoms. The van der Waals surface area contributed by atoms with E-state index in [1.54, 1.807) is 51.1 Å². The number of anilines is 1. The van der Waals surface area contributed by atoms with E-state index in [1.807, 2.05) is 0 Å². The molecule has 43 heavy (non-hydrogen) atoms. The highest BCUT2D eigenvalue weighted by Crippen LogP contribution is 2.46. The number of halogens is 1. The molecule has 228 valence electrons. The largest absolute Gasteiger partial charge is 0.460 e. The van der Waals surface area contributed by atoms with Crippen LogP contribution in [0.4, 0.5) is 19.7 Å². The summed E-state index contributed by atoms with van der Waals surface area (Å²) in [5.41, 5.74) is 0.278. The van der Waals surface area contributed by atoms with E-state index >= 15 is 0 Å². The first kappa shape index (κ1) is 30.0. The molecule has 0 bridgehead atoms. The van der Waals surface area contributed by atoms with Gasteiger partial charge in [0.15, 0.2) is 0 Å². The normalized spacial score (nSPS) is 22.5. The number of ether oxygens (including phenoxy) is 2. The van der Waals surface area contributed by atoms with Crippen LogP contribution in [0, 0.1) is 11.7 Å². The highest BCUT2D eigenvalue weighted by molar-refractivity contribution is 6.06. The summed E-state index contributed by atoms with van der Waals surface area (Å²) in [6.07, 6.45) is 0.458. The Kier molecular flexibility index (Phi) is 7.89. The van der Waals surface area contributed by atoms with Gasteiger partial charge in [-0.05, 0) is 75.4 Å². The monoisotopic (exact) mass is 594 g/mol. The first-order valence-electron chi connectivity index (χ1n) is 14.2. The zero-order valence-electron chi connectivity index (χ0n) is 24.6. The summed E-state index contributed by atoms with van der Waals surface area (Å²) in [5, 5.41) is 5.15. The average molecular weight is 595 g/mol. The molecule has 1 saturated heterocycles. The quantitative estimate of drug-likeness (QED) is 0.465. The van der Waals surface area contributed by atoms with E-state index in [0.29, 0.717) is 36.1 Å². The van der Waals surface area contributed by atoms with Gasteiger partial charge < -0.3 is 25.0 Å². The number of hydrogen-bond acceptors (Lipinski definition) is 7. The smallest absolute Gasteiger partial charge is 0.418 e. The predicted molar refractivity (Wildman–Crippen MR) is 152 cm³/mol. The van der Waals surface area contributed by atoms with Crippen molar-refractivity contribution in [2.45, 2.75) is 70.2 Å². The maximum absolute atomic E-state index is 13.7. The number of aryl methyl sites for hydroxylation is 1. The number of nitrogens with zero attached hydrogens (tertiary/aromatic N) is 2. The van der Waals surface area contributed by atoms with Gasteiger partial charge in [-0.2, -0.15) is 0 Å². The van der Waals surface area contributed by atoms with Crippen LogP contribution in [-0.2, 0) is 42.4 Å². The van der Waals surface area contributed by atoms with Crippen molar-refractivity contribution >= 4 is 35.6 Å². The fourth-order valence-electron chi connectivity index (χ4n) is 5.78. The summed E-state index contributed by atoms with van der Waals surface area (Å²) in [6, 6.07) is 9.98. The number of carbonyl (C=O) groups is 5. The molecule has 5 rings (SSSR count). The number of fused-ring (bicyclic) bond motifs is 2. The van der Waals surface area contributed by atoms with Crippen LogP contribution in [0.1, 0.15) is 56.7 Å². The molecule has 1 saturated carbocycles. The number of nitrogens with one attached hydrogen (secondary N) is 2. The Morgan fingerprint density at radius 1 is 1.12 bits per heavy atom. The van der Waals surface area contributed by atoms with E-state index < -0.39 is 47.5 Å². The molecule has 2 aromatic rings. The lowest BCUT2D eigenvalue weighted by Gasteiger charge is -2.42. The summed E-state index contributed by atoms with van der Waals surface area (Å²) < 4.78 is 24.7. The third kappa shape index (κ3) is 6.04. The van der Waals surface area contributed by atoms with Crippen molar-refractivity contribution < 1.29 is 37.8 Å². The van der Waals surface area contributed by atoms with Crippen LogP contribution in [0.15, 0.2) is 42.5 Å². The molecule has 1 atom stereocenters. The Bertz CT molecular complexity index is 1470. The van der Waals surface area contributed by atoms with Crippen LogP contribution in [0.25, 0.3) is 0 Å². The number of imide groups is 1. The summed E-state index contributed by atoms with van der Waals surface area (Å²) in [7, 11) is 1.50. The van der Waals surface area contributed by atoms with Crippen LogP contribution in [-0.4, -0.2) is 64.9 Å². The van der Waals surface area contributed by atoms with Gasteiger partial charge in [0.05, 0.1) is 5.92 Å². The predicted octanol–water partition coefficient (Wildman–Crippen LogP) is 3.85. The molecule has 12 heteroatoms. The fraction of sp³-hybridized carbons (Fsp3) is 0.452. The third-order valence-electron chi connectivity index (χ3n) is 8.02. The molecule has 0 aromatic heterocycles. The van der Waals surface area contributed by atoms with Crippen molar-refractivity contribution in [1.82, 2.24) is 15.1 Å². The second-order valence-corrected chi connectivity index (χ2v) is 12.2. The van der Waals surface area contributed by atoms with Gasteiger partial charge in [0.25, 0.3) is 5.91 Å². The van der Waals surface area contributed by atoms with Gasteiger partial charge in [0.2, 0.25) is 11.5 Å². The Labute approximate surface area is 248 Å². The van der Waals surface area contributed by atoms with Gasteiger partial charge in [-0.25, -0.2) is 18.9 Å². The Morgan fingerprint density at radius 3 is 2.47 bits per heavy atom. The van der Waals surface area contributed by atoms with Crippen LogP contribution in [0.3, 0.4) is 0 Å². The van der Waals surface area contributed by atoms with E-state index in [1.165, 1.54) is 24.1 Å². The highest BCUT2D eigenvalue weighted by Gasteiger charge is 2.58. The maximum Gasteiger partial charge on any atom is 0.418 e. The van der Waals surface area contributed by atoms with Gasteiger partial charge in [-0.1, -0.05) is 18.2 Å². The van der Waals surface area contributed by atoms with E-state index in [0.717, 1.165) is 10.5 Å². The summed E-state index contributed by atoms with van der Waals surface area (Å²) >= 11 is 0. The van der Waals surface area contributed by atoms with E-state index in [9.17, 15) is 28.4 Å². The number of benzene rings is 2. The van der Waals surface area contributed by atoms with Gasteiger partial charge in [0, 0.05) is 37.3 Å². The van der Waals surface area contributed by atoms with E-state index in [4.69, 9.17) is 9.47 Å². The molecule has 0 unspecified atom stereocenters. The Balaban J connectivity index is 1.32. The minimum Gasteiger partial charge on any atom is -0.460 e. The summed E-state index contributed by atoms with van der Waals surface area (Å²) in [6.45, 7) is 4.92. The third-order valence-corrected chi connectivity index (χ3v) is 8.02. The highest BCUT2D eigenvalue weighted by atomic mass is 19.1. The summed E-state index contributed by atoms with van der Waals surface area (Å²) in [5.74, 6) is -2.26. The molecule has 2 N–H and O–H groups in total. The molecular weight excluding hydrogens is 559 g/mol. The topological polar surface area (TPSA) is 134 Å². The van der Waals surface area contributed by atoms with Crippen molar-refractivity contribution in [3.63, 3.8) is 0 Å². The van der Waals surface area contributed by atoms with Crippen LogP contribution in [0.5, 0.6) is 0 Å². The molecule has 0 radical (unpaired) electrons. The molecule has 2 aromatic carbocycles. The van der Waals surface area contributed by atoms with E-state index in [-0.39, 0.29) is 30.9 Å². The number of urea groups is 1. The SMILES string of the molecule is CNC(=O)Nc1ccc2c(c1)CC[C@@]21OC(=O)N(CC(=O)N(Cc2ccc(F)cc2)C2CC(C(=O)OC(C)(C)C)C2)C1=O. The zero-order valence-corrected chi connectivity index (χ0v) is 24.6. The number of hydrogen-bond donors (Lipinski definition) is 2. The minimum atomic E-state index is -1.54. The van der Waals surface area contributed by atoms with Crippen molar-refractivity contribution in [2.24, 2.45) is 5.92 Å². The van der Waals surface area contributed by atoms with Gasteiger partial charge in [-0.3, -0.25) is 14.4 Å². The lowest BCUT2D eigenvalue weighted by Crippen LogP contribution is -2.53. The van der Waals surface area contributed by atoms with Crippen LogP contribution < -0.4 is 10.6 Å². The van der Waals surface area contributed by atoms with Crippen molar-refractivity contribution in [3.05, 3.63) is 65.0 Å². The van der Waals surface area contributed by atoms with Crippen LogP contribution in [0.2, 0.25) is 0 Å². The summed E-state index contributed by atoms with van der Waals surface area (Å²) in [4.78, 5) is 67.1. The average Bonchev–Trinajstić information content (AvgIpc) is 3.39. The molecule has 3 aliphatic rings. The molecule has 1 aliphatic heterocycles. The molecule has 2 aliphatic carbocycles. The van der Waals surface area contributed by atoms with Gasteiger partial charge in [-0.15, -0.1) is 0 Å². The number of esters is 1. The van der Waals surface area contributed by atoms with Crippen LogP contribution >= 0.6 is 0 Å². The molecular formula is C31H35FN4O7. The minimum absolute atomic E-state index is 0.108. The molecule has 11 nitrogen and oxygen atoms in total. The fourth-order valence-corrected chi connectivity index (χ4v) is 5.78. The number of carbonyl (C=O) groups excluding carboxylic acids is 5. The lowest BCUT2D eigenvalue weighted by atomic mass is 9.79. The lowest BCUT2D eigenvalue weighted by molar-refractivity contribution is -0.167. The van der Waals surface area contributed by atoms with Crippen molar-refractivity contribution in [3.8, 4) is 0 Å². The zero-order chi connectivity index (χ0) is 31.1. The Hall–Kier alpha value is -4.48. The standard InChI is InChI=1S/C31H35FN4O7/c1-30(2,3)42-26(38)20-14-23(15-20)35(16-18-5-7-21(32)8-6-18)25(37)17-36-27(39)31(43-29(36)41)12-11-19-13-22(9-10-24(19)31)34-28(40)33-4/h5-10,13,20,23H,11-12,14-17H2,1-4H3,(H2,33,34,40)/t20?,23?,31-/m1/s1. The molecule has 2 fully saturated rings. The Morgan fingerprint density at radius 2 is 1.81 bits per heavy atom. The number of rotatable bonds is 7. The first-order valence-corrected chi connectivity index (χ1v) is 14.2. The van der Waals surface area contributed by atoms with Gasteiger partial charge >= 0.3 is 18.1 Å².